The Morgan fingerprint density at radius 3 is 1.59 bits per heavy atom. The van der Waals surface area contributed by atoms with E-state index in [-0.39, 0.29) is 15.8 Å². The summed E-state index contributed by atoms with van der Waals surface area (Å²) in [7, 11) is -1.23. The quantitative estimate of drug-likeness (QED) is 0.326. The lowest BCUT2D eigenvalue weighted by atomic mass is 10.2. The molecule has 2 rings (SSSR count). The number of rotatable bonds is 9. The molecule has 1 atom stereocenters. The van der Waals surface area contributed by atoms with E-state index in [1.54, 1.807) is 36.4 Å². The van der Waals surface area contributed by atoms with Crippen molar-refractivity contribution in [3.8, 4) is 0 Å². The van der Waals surface area contributed by atoms with Gasteiger partial charge in [-0.25, -0.2) is 25.4 Å². The highest BCUT2D eigenvalue weighted by Crippen LogP contribution is 2.23. The molecule has 0 aliphatic rings. The van der Waals surface area contributed by atoms with E-state index in [2.05, 4.69) is 21.3 Å². The van der Waals surface area contributed by atoms with Crippen LogP contribution in [0.1, 0.15) is 18.1 Å². The average molecular weight is 587 g/mol. The Bertz CT molecular complexity index is 1380. The van der Waals surface area contributed by atoms with Crippen molar-refractivity contribution < 1.29 is 16.8 Å². The summed E-state index contributed by atoms with van der Waals surface area (Å²) in [6, 6.07) is 9.50. The Balaban J connectivity index is 1.97. The maximum absolute atomic E-state index is 12.4. The minimum atomic E-state index is -3.57. The van der Waals surface area contributed by atoms with Gasteiger partial charge < -0.3 is 21.3 Å². The molecule has 0 spiro atoms. The molecule has 0 saturated heterocycles. The molecule has 0 amide bonds. The molecular formula is C23H34N6O4S4. The third-order valence-corrected chi connectivity index (χ3v) is 9.51. The van der Waals surface area contributed by atoms with Crippen LogP contribution in [0.4, 0.5) is 11.4 Å². The standard InChI is InChI=1S/C23H34N6O4S4/c1-15-8-10-18(36(30,31)28(4)5)12-20(15)26-22(34)24-14-17(3)25-23(35)27-21-13-19(11-9-16(21)2)37(32,33)29(6)7/h8-13,17H,14H2,1-7H3,(H2,24,26,34)(H2,25,27,35)/t17-/m1/s1. The van der Waals surface area contributed by atoms with E-state index in [1.807, 2.05) is 20.8 Å². The SMILES string of the molecule is Cc1ccc(S(=O)(=O)N(C)C)cc1NC(=S)NC[C@@H](C)NC(=S)Nc1cc(S(=O)(=O)N(C)C)ccc1C. The van der Waals surface area contributed by atoms with Gasteiger partial charge in [-0.1, -0.05) is 12.1 Å². The maximum Gasteiger partial charge on any atom is 0.242 e. The molecule has 10 nitrogen and oxygen atoms in total. The number of aryl methyl sites for hydroxylation is 2. The smallest absolute Gasteiger partial charge is 0.242 e. The largest absolute Gasteiger partial charge is 0.360 e. The molecule has 0 saturated carbocycles. The second-order valence-corrected chi connectivity index (χ2v) is 14.0. The molecular weight excluding hydrogens is 553 g/mol. The second-order valence-electron chi connectivity index (χ2n) is 8.86. The molecule has 0 aliphatic carbocycles. The Kier molecular flexibility index (Phi) is 10.4. The van der Waals surface area contributed by atoms with Crippen LogP contribution in [-0.4, -0.2) is 76.4 Å². The van der Waals surface area contributed by atoms with Crippen LogP contribution in [0, 0.1) is 13.8 Å². The first kappa shape index (κ1) is 30.9. The average Bonchev–Trinajstić information content (AvgIpc) is 2.80. The van der Waals surface area contributed by atoms with Gasteiger partial charge in [0.25, 0.3) is 0 Å². The zero-order chi connectivity index (χ0) is 28.1. The highest BCUT2D eigenvalue weighted by atomic mass is 32.2. The summed E-state index contributed by atoms with van der Waals surface area (Å²) < 4.78 is 52.1. The van der Waals surface area contributed by atoms with E-state index in [0.29, 0.717) is 28.1 Å². The number of hydrogen-bond acceptors (Lipinski definition) is 6. The highest BCUT2D eigenvalue weighted by molar-refractivity contribution is 7.89. The number of sulfonamides is 2. The van der Waals surface area contributed by atoms with Crippen LogP contribution in [0.15, 0.2) is 46.2 Å². The van der Waals surface area contributed by atoms with Gasteiger partial charge in [0.15, 0.2) is 10.2 Å². The van der Waals surface area contributed by atoms with Gasteiger partial charge in [-0.3, -0.25) is 0 Å². The van der Waals surface area contributed by atoms with Gasteiger partial charge in [-0.2, -0.15) is 0 Å². The number of thiocarbonyl (C=S) groups is 2. The number of anilines is 2. The van der Waals surface area contributed by atoms with Crippen molar-refractivity contribution in [2.45, 2.75) is 36.6 Å². The van der Waals surface area contributed by atoms with E-state index in [0.717, 1.165) is 19.7 Å². The van der Waals surface area contributed by atoms with Gasteiger partial charge in [0.05, 0.1) is 9.79 Å². The van der Waals surface area contributed by atoms with Crippen LogP contribution in [0.5, 0.6) is 0 Å². The second kappa shape index (κ2) is 12.5. The van der Waals surface area contributed by atoms with Crippen molar-refractivity contribution in [3.05, 3.63) is 47.5 Å². The summed E-state index contributed by atoms with van der Waals surface area (Å²) in [5.41, 5.74) is 2.85. The monoisotopic (exact) mass is 586 g/mol. The predicted octanol–water partition coefficient (Wildman–Crippen LogP) is 2.47. The van der Waals surface area contributed by atoms with Gasteiger partial charge in [0.2, 0.25) is 20.0 Å². The minimum Gasteiger partial charge on any atom is -0.360 e. The summed E-state index contributed by atoms with van der Waals surface area (Å²) >= 11 is 10.8. The number of nitrogens with zero attached hydrogens (tertiary/aromatic N) is 2. The Morgan fingerprint density at radius 2 is 1.19 bits per heavy atom. The zero-order valence-electron chi connectivity index (χ0n) is 21.9. The minimum absolute atomic E-state index is 0.143. The van der Waals surface area contributed by atoms with Gasteiger partial charge in [0.1, 0.15) is 0 Å². The molecule has 2 aromatic carbocycles. The van der Waals surface area contributed by atoms with E-state index in [9.17, 15) is 16.8 Å². The summed E-state index contributed by atoms with van der Waals surface area (Å²) in [4.78, 5) is 0.329. The van der Waals surface area contributed by atoms with E-state index < -0.39 is 20.0 Å². The molecule has 2 aromatic rings. The van der Waals surface area contributed by atoms with Crippen LogP contribution in [0.3, 0.4) is 0 Å². The van der Waals surface area contributed by atoms with Crippen molar-refractivity contribution in [2.75, 3.05) is 45.4 Å². The van der Waals surface area contributed by atoms with Crippen LogP contribution in [-0.2, 0) is 20.0 Å². The predicted molar refractivity (Wildman–Crippen MR) is 157 cm³/mol. The first-order valence-corrected chi connectivity index (χ1v) is 14.9. The van der Waals surface area contributed by atoms with Gasteiger partial charge in [-0.05, 0) is 80.6 Å². The van der Waals surface area contributed by atoms with Crippen molar-refractivity contribution in [1.82, 2.24) is 19.2 Å². The summed E-state index contributed by atoms with van der Waals surface area (Å²) in [6.07, 6.45) is 0. The van der Waals surface area contributed by atoms with Crippen molar-refractivity contribution >= 4 is 66.1 Å². The van der Waals surface area contributed by atoms with Crippen LogP contribution >= 0.6 is 24.4 Å². The fraction of sp³-hybridized carbons (Fsp3) is 0.391. The summed E-state index contributed by atoms with van der Waals surface area (Å²) in [6.45, 7) is 6.02. The summed E-state index contributed by atoms with van der Waals surface area (Å²) in [5.74, 6) is 0. The molecule has 4 N–H and O–H groups in total. The van der Waals surface area contributed by atoms with E-state index >= 15 is 0 Å². The molecule has 0 radical (unpaired) electrons. The molecule has 37 heavy (non-hydrogen) atoms. The fourth-order valence-corrected chi connectivity index (χ4v) is 5.42. The maximum atomic E-state index is 12.4. The third-order valence-electron chi connectivity index (χ3n) is 5.42. The molecule has 0 bridgehead atoms. The van der Waals surface area contributed by atoms with E-state index in [1.165, 1.54) is 28.2 Å². The van der Waals surface area contributed by atoms with Gasteiger partial charge in [-0.15, -0.1) is 0 Å². The lowest BCUT2D eigenvalue weighted by Crippen LogP contribution is -2.44. The third kappa shape index (κ3) is 8.06. The topological polar surface area (TPSA) is 123 Å². The first-order valence-electron chi connectivity index (χ1n) is 11.2. The van der Waals surface area contributed by atoms with Crippen molar-refractivity contribution in [1.29, 1.82) is 0 Å². The molecule has 0 unspecified atom stereocenters. The van der Waals surface area contributed by atoms with Crippen LogP contribution in [0.2, 0.25) is 0 Å². The Morgan fingerprint density at radius 1 is 0.784 bits per heavy atom. The number of nitrogens with one attached hydrogen (secondary N) is 4. The van der Waals surface area contributed by atoms with Crippen molar-refractivity contribution in [2.24, 2.45) is 0 Å². The number of hydrogen-bond donors (Lipinski definition) is 4. The number of benzene rings is 2. The molecule has 14 heteroatoms. The Labute approximate surface area is 230 Å². The molecule has 0 heterocycles. The molecule has 0 aliphatic heterocycles. The summed E-state index contributed by atoms with van der Waals surface area (Å²) in [5, 5.41) is 13.0. The fourth-order valence-electron chi connectivity index (χ4n) is 3.06. The lowest BCUT2D eigenvalue weighted by Gasteiger charge is -2.20. The van der Waals surface area contributed by atoms with E-state index in [4.69, 9.17) is 24.4 Å². The molecule has 204 valence electrons. The normalized spacial score (nSPS) is 12.8. The molecule has 0 fully saturated rings. The van der Waals surface area contributed by atoms with Gasteiger partial charge in [0, 0.05) is 52.2 Å². The molecule has 0 aromatic heterocycles. The van der Waals surface area contributed by atoms with Crippen LogP contribution in [0.25, 0.3) is 0 Å². The Hall–Kier alpha value is -2.36. The lowest BCUT2D eigenvalue weighted by molar-refractivity contribution is 0.519. The zero-order valence-corrected chi connectivity index (χ0v) is 25.2. The van der Waals surface area contributed by atoms with Gasteiger partial charge >= 0.3 is 0 Å². The van der Waals surface area contributed by atoms with Crippen molar-refractivity contribution in [3.63, 3.8) is 0 Å². The first-order chi connectivity index (χ1) is 17.0. The highest BCUT2D eigenvalue weighted by Gasteiger charge is 2.20. The van der Waals surface area contributed by atoms with Crippen LogP contribution < -0.4 is 21.3 Å².